The van der Waals surface area contributed by atoms with Gasteiger partial charge in [-0.3, -0.25) is 0 Å². The van der Waals surface area contributed by atoms with Crippen LogP contribution in [0.4, 0.5) is 0 Å². The summed E-state index contributed by atoms with van der Waals surface area (Å²) in [6, 6.07) is 30.1. The fourth-order valence-corrected chi connectivity index (χ4v) is 4.68. The van der Waals surface area contributed by atoms with Gasteiger partial charge in [0.05, 0.1) is 46.8 Å². The van der Waals surface area contributed by atoms with E-state index in [1.165, 1.54) is 7.11 Å². The van der Waals surface area contributed by atoms with Crippen molar-refractivity contribution >= 4 is 0 Å². The molecule has 8 heteroatoms. The molecule has 5 rings (SSSR count). The van der Waals surface area contributed by atoms with Gasteiger partial charge in [-0.1, -0.05) is 91.0 Å². The van der Waals surface area contributed by atoms with E-state index < -0.39 is 24.4 Å². The molecule has 1 aliphatic heterocycles. The minimum atomic E-state index is -0.608. The van der Waals surface area contributed by atoms with Crippen LogP contribution < -0.4 is 9.47 Å². The van der Waals surface area contributed by atoms with Crippen molar-refractivity contribution in [2.75, 3.05) is 20.8 Å². The summed E-state index contributed by atoms with van der Waals surface area (Å²) in [5, 5.41) is 0. The lowest BCUT2D eigenvalue weighted by Crippen LogP contribution is -2.38. The van der Waals surface area contributed by atoms with Crippen molar-refractivity contribution in [2.24, 2.45) is 0 Å². The maximum Gasteiger partial charge on any atom is 0.241 e. The molecule has 8 nitrogen and oxygen atoms in total. The Morgan fingerprint density at radius 2 is 1.23 bits per heavy atom. The van der Waals surface area contributed by atoms with Crippen molar-refractivity contribution in [3.05, 3.63) is 120 Å². The highest BCUT2D eigenvalue weighted by Crippen LogP contribution is 2.40. The van der Waals surface area contributed by atoms with Crippen molar-refractivity contribution in [1.29, 1.82) is 0 Å². The molecule has 1 aliphatic rings. The van der Waals surface area contributed by atoms with Crippen molar-refractivity contribution in [2.45, 2.75) is 44.2 Å². The fraction of sp³-hybridized carbons (Fsp3) is 0.312. The molecular formula is C32H34N2O6. The third kappa shape index (κ3) is 7.03. The lowest BCUT2D eigenvalue weighted by atomic mass is 10.0. The van der Waals surface area contributed by atoms with Crippen LogP contribution in [0.2, 0.25) is 0 Å². The van der Waals surface area contributed by atoms with E-state index in [4.69, 9.17) is 28.4 Å². The van der Waals surface area contributed by atoms with E-state index in [0.29, 0.717) is 43.9 Å². The van der Waals surface area contributed by atoms with E-state index in [9.17, 15) is 0 Å². The van der Waals surface area contributed by atoms with Gasteiger partial charge in [-0.2, -0.15) is 4.98 Å². The van der Waals surface area contributed by atoms with E-state index in [0.717, 1.165) is 16.7 Å². The normalized spacial score (nSPS) is 20.4. The standard InChI is InChI=1S/C32H34N2O6/c1-35-27-18-33-28(32(34-27)36-2)30-31(39-21-25-16-10-5-11-17-25)29(38-20-24-14-8-4-9-15-24)26(40-30)22-37-19-23-12-6-3-7-13-23/h3-18,26,29-31H,19-22H2,1-2H3/t26-,29-,30+,31-/m1/s1. The maximum atomic E-state index is 6.61. The van der Waals surface area contributed by atoms with Crippen LogP contribution in [0, 0.1) is 0 Å². The van der Waals surface area contributed by atoms with Crippen LogP contribution in [0.1, 0.15) is 28.5 Å². The van der Waals surface area contributed by atoms with Crippen molar-refractivity contribution in [1.82, 2.24) is 9.97 Å². The number of hydrogen-bond donors (Lipinski definition) is 0. The van der Waals surface area contributed by atoms with Crippen LogP contribution in [0.25, 0.3) is 0 Å². The zero-order valence-corrected chi connectivity index (χ0v) is 22.7. The number of benzene rings is 3. The highest BCUT2D eigenvalue weighted by atomic mass is 16.6. The molecule has 1 saturated heterocycles. The largest absolute Gasteiger partial charge is 0.480 e. The molecule has 0 N–H and O–H groups in total. The molecule has 0 amide bonds. The molecule has 4 aromatic rings. The molecule has 1 aromatic heterocycles. The second kappa shape index (κ2) is 14.0. The van der Waals surface area contributed by atoms with Crippen molar-refractivity contribution in [3.63, 3.8) is 0 Å². The Hall–Kier alpha value is -3.82. The lowest BCUT2D eigenvalue weighted by Gasteiger charge is -2.25. The molecule has 0 unspecified atom stereocenters. The van der Waals surface area contributed by atoms with Gasteiger partial charge in [0.1, 0.15) is 30.1 Å². The minimum Gasteiger partial charge on any atom is -0.480 e. The summed E-state index contributed by atoms with van der Waals surface area (Å²) >= 11 is 0. The van der Waals surface area contributed by atoms with Crippen LogP contribution in [0.15, 0.2) is 97.2 Å². The van der Waals surface area contributed by atoms with Crippen LogP contribution in [-0.4, -0.2) is 49.1 Å². The zero-order valence-electron chi connectivity index (χ0n) is 22.7. The van der Waals surface area contributed by atoms with Crippen molar-refractivity contribution < 1.29 is 28.4 Å². The molecule has 208 valence electrons. The number of ether oxygens (including phenoxy) is 6. The van der Waals surface area contributed by atoms with Crippen LogP contribution in [0.5, 0.6) is 11.8 Å². The zero-order chi connectivity index (χ0) is 27.6. The smallest absolute Gasteiger partial charge is 0.241 e. The quantitative estimate of drug-likeness (QED) is 0.225. The fourth-order valence-electron chi connectivity index (χ4n) is 4.68. The number of aromatic nitrogens is 2. The topological polar surface area (TPSA) is 81.2 Å². The van der Waals surface area contributed by atoms with Gasteiger partial charge >= 0.3 is 0 Å². The molecule has 40 heavy (non-hydrogen) atoms. The SMILES string of the molecule is COc1cnc([C@@H]2O[C@H](COCc3ccccc3)[C@@H](OCc3ccccc3)[C@H]2OCc2ccccc2)c(OC)n1. The molecule has 0 bridgehead atoms. The first-order valence-electron chi connectivity index (χ1n) is 13.3. The van der Waals surface area contributed by atoms with E-state index in [2.05, 4.69) is 9.97 Å². The lowest BCUT2D eigenvalue weighted by molar-refractivity contribution is -0.0898. The Balaban J connectivity index is 1.42. The minimum absolute atomic E-state index is 0.307. The number of hydrogen-bond acceptors (Lipinski definition) is 8. The summed E-state index contributed by atoms with van der Waals surface area (Å²) < 4.78 is 36.7. The molecule has 4 atom stereocenters. The Labute approximate surface area is 234 Å². The number of rotatable bonds is 13. The number of methoxy groups -OCH3 is 2. The van der Waals surface area contributed by atoms with Crippen LogP contribution in [-0.2, 0) is 38.8 Å². The van der Waals surface area contributed by atoms with Gasteiger partial charge in [0.25, 0.3) is 0 Å². The Bertz CT molecular complexity index is 1310. The summed E-state index contributed by atoms with van der Waals surface area (Å²) in [4.78, 5) is 9.05. The average molecular weight is 543 g/mol. The molecule has 0 radical (unpaired) electrons. The summed E-state index contributed by atoms with van der Waals surface area (Å²) in [5.74, 6) is 0.658. The van der Waals surface area contributed by atoms with E-state index in [1.54, 1.807) is 13.3 Å². The van der Waals surface area contributed by atoms with Crippen molar-refractivity contribution in [3.8, 4) is 11.8 Å². The number of nitrogens with zero attached hydrogens (tertiary/aromatic N) is 2. The average Bonchev–Trinajstić information content (AvgIpc) is 3.36. The predicted octanol–water partition coefficient (Wildman–Crippen LogP) is 5.32. The van der Waals surface area contributed by atoms with Gasteiger partial charge in [0, 0.05) is 0 Å². The third-order valence-corrected chi connectivity index (χ3v) is 6.69. The van der Waals surface area contributed by atoms with Crippen LogP contribution in [0.3, 0.4) is 0 Å². The molecule has 0 saturated carbocycles. The molecule has 2 heterocycles. The first kappa shape index (κ1) is 27.7. The molecular weight excluding hydrogens is 508 g/mol. The summed E-state index contributed by atoms with van der Waals surface area (Å²) in [6.45, 7) is 1.54. The van der Waals surface area contributed by atoms with E-state index in [1.807, 2.05) is 91.0 Å². The first-order chi connectivity index (χ1) is 19.7. The highest BCUT2D eigenvalue weighted by molar-refractivity contribution is 5.27. The molecule has 1 fully saturated rings. The summed E-state index contributed by atoms with van der Waals surface area (Å²) in [6.07, 6.45) is -0.437. The van der Waals surface area contributed by atoms with Gasteiger partial charge in [0.2, 0.25) is 11.8 Å². The monoisotopic (exact) mass is 542 g/mol. The Morgan fingerprint density at radius 3 is 1.77 bits per heavy atom. The van der Waals surface area contributed by atoms with Crippen LogP contribution >= 0.6 is 0 Å². The Kier molecular flexibility index (Phi) is 9.71. The summed E-state index contributed by atoms with van der Waals surface area (Å²) in [5.41, 5.74) is 3.69. The van der Waals surface area contributed by atoms with Gasteiger partial charge in [-0.15, -0.1) is 0 Å². The highest BCUT2D eigenvalue weighted by Gasteiger charge is 2.49. The Morgan fingerprint density at radius 1 is 0.675 bits per heavy atom. The van der Waals surface area contributed by atoms with E-state index >= 15 is 0 Å². The first-order valence-corrected chi connectivity index (χ1v) is 13.3. The maximum absolute atomic E-state index is 6.61. The summed E-state index contributed by atoms with van der Waals surface area (Å²) in [7, 11) is 3.08. The van der Waals surface area contributed by atoms with Gasteiger partial charge in [-0.25, -0.2) is 4.98 Å². The second-order valence-electron chi connectivity index (χ2n) is 9.43. The molecule has 0 spiro atoms. The predicted molar refractivity (Wildman–Crippen MR) is 149 cm³/mol. The molecule has 0 aliphatic carbocycles. The van der Waals surface area contributed by atoms with E-state index in [-0.39, 0.29) is 0 Å². The second-order valence-corrected chi connectivity index (χ2v) is 9.43. The molecule has 3 aromatic carbocycles. The van der Waals surface area contributed by atoms with Gasteiger partial charge in [0.15, 0.2) is 0 Å². The van der Waals surface area contributed by atoms with Gasteiger partial charge in [-0.05, 0) is 16.7 Å². The van der Waals surface area contributed by atoms with Gasteiger partial charge < -0.3 is 28.4 Å². The third-order valence-electron chi connectivity index (χ3n) is 6.69.